The van der Waals surface area contributed by atoms with Gasteiger partial charge in [0.2, 0.25) is 0 Å². The van der Waals surface area contributed by atoms with Gasteiger partial charge in [0.25, 0.3) is 15.0 Å². The van der Waals surface area contributed by atoms with Gasteiger partial charge in [-0.3, -0.25) is 4.79 Å². The lowest BCUT2D eigenvalue weighted by Gasteiger charge is -2.19. The molecule has 1 aromatic carbocycles. The third-order valence-corrected chi connectivity index (χ3v) is 4.45. The van der Waals surface area contributed by atoms with Crippen molar-refractivity contribution in [1.29, 1.82) is 0 Å². The van der Waals surface area contributed by atoms with Gasteiger partial charge in [0.1, 0.15) is 11.4 Å². The molecule has 0 aliphatic rings. The summed E-state index contributed by atoms with van der Waals surface area (Å²) in [5.41, 5.74) is -0.0370. The molecule has 1 rings (SSSR count). The Morgan fingerprint density at radius 1 is 1.33 bits per heavy atom. The molecule has 0 fully saturated rings. The molecule has 0 radical (unpaired) electrons. The number of aryl methyl sites for hydroxylation is 1. The molecule has 0 spiro atoms. The number of rotatable bonds is 3. The highest BCUT2D eigenvalue weighted by molar-refractivity contribution is 8.13. The topological polar surface area (TPSA) is 54.5 Å². The Morgan fingerprint density at radius 3 is 2.29 bits per heavy atom. The summed E-state index contributed by atoms with van der Waals surface area (Å²) in [6.45, 7) is -0.0507. The quantitative estimate of drug-likeness (QED) is 0.774. The van der Waals surface area contributed by atoms with Crippen molar-refractivity contribution in [3.05, 3.63) is 28.3 Å². The number of carbonyl (C=O) groups is 1. The Kier molecular flexibility index (Phi) is 5.18. The van der Waals surface area contributed by atoms with Crippen LogP contribution in [-0.2, 0) is 9.05 Å². The highest BCUT2D eigenvalue weighted by Crippen LogP contribution is 2.30. The van der Waals surface area contributed by atoms with Crippen molar-refractivity contribution in [1.82, 2.24) is 4.90 Å². The average molecular weight is 364 g/mol. The first-order valence-electron chi connectivity index (χ1n) is 5.40. The molecule has 0 aromatic heterocycles. The first-order chi connectivity index (χ1) is 9.33. The van der Waals surface area contributed by atoms with Crippen LogP contribution in [0.5, 0.6) is 0 Å². The zero-order valence-electron chi connectivity index (χ0n) is 10.8. The molecule has 0 unspecified atom stereocenters. The van der Waals surface area contributed by atoms with Crippen molar-refractivity contribution in [2.24, 2.45) is 0 Å². The summed E-state index contributed by atoms with van der Waals surface area (Å²) < 4.78 is 59.5. The molecule has 4 nitrogen and oxygen atoms in total. The van der Waals surface area contributed by atoms with Crippen LogP contribution >= 0.6 is 22.3 Å². The monoisotopic (exact) mass is 363 g/mol. The van der Waals surface area contributed by atoms with Gasteiger partial charge in [0, 0.05) is 23.3 Å². The molecule has 10 heteroatoms. The van der Waals surface area contributed by atoms with Gasteiger partial charge in [-0.2, -0.15) is 13.2 Å². The van der Waals surface area contributed by atoms with E-state index in [9.17, 15) is 26.4 Å². The summed E-state index contributed by atoms with van der Waals surface area (Å²) in [5, 5.41) is -0.181. The molecular weight excluding hydrogens is 354 g/mol. The second kappa shape index (κ2) is 6.02. The number of amides is 1. The van der Waals surface area contributed by atoms with Crippen LogP contribution in [0.15, 0.2) is 17.0 Å². The number of halogens is 5. The highest BCUT2D eigenvalue weighted by Gasteiger charge is 2.32. The smallest absolute Gasteiger partial charge is 0.333 e. The number of benzene rings is 1. The van der Waals surface area contributed by atoms with Crippen LogP contribution < -0.4 is 0 Å². The summed E-state index contributed by atoms with van der Waals surface area (Å²) in [4.78, 5) is 11.8. The maximum Gasteiger partial charge on any atom is 0.406 e. The van der Waals surface area contributed by atoms with Gasteiger partial charge in [0.15, 0.2) is 0 Å². The van der Waals surface area contributed by atoms with Gasteiger partial charge in [0.05, 0.1) is 5.02 Å². The molecule has 1 amide bonds. The fraction of sp³-hybridized carbons (Fsp3) is 0.364. The highest BCUT2D eigenvalue weighted by atomic mass is 35.7. The minimum atomic E-state index is -4.56. The van der Waals surface area contributed by atoms with E-state index in [1.165, 1.54) is 13.0 Å². The first-order valence-corrected chi connectivity index (χ1v) is 8.08. The Balaban J connectivity index is 3.27. The van der Waals surface area contributed by atoms with Crippen molar-refractivity contribution in [2.75, 3.05) is 13.6 Å². The van der Waals surface area contributed by atoms with E-state index >= 15 is 0 Å². The summed E-state index contributed by atoms with van der Waals surface area (Å²) in [6.07, 6.45) is -4.56. The number of hydrogen-bond donors (Lipinski definition) is 0. The van der Waals surface area contributed by atoms with Crippen LogP contribution in [0.1, 0.15) is 15.9 Å². The van der Waals surface area contributed by atoms with Gasteiger partial charge >= 0.3 is 6.18 Å². The van der Waals surface area contributed by atoms with Crippen molar-refractivity contribution in [3.8, 4) is 0 Å². The van der Waals surface area contributed by atoms with Crippen LogP contribution in [0.2, 0.25) is 5.02 Å². The molecule has 21 heavy (non-hydrogen) atoms. The largest absolute Gasteiger partial charge is 0.406 e. The minimum absolute atomic E-state index is 0.181. The summed E-state index contributed by atoms with van der Waals surface area (Å²) in [7, 11) is 1.91. The van der Waals surface area contributed by atoms with Crippen molar-refractivity contribution < 1.29 is 26.4 Å². The summed E-state index contributed by atoms with van der Waals surface area (Å²) >= 11 is 5.77. The van der Waals surface area contributed by atoms with Gasteiger partial charge in [-0.1, -0.05) is 11.6 Å². The molecule has 0 aliphatic heterocycles. The molecule has 0 bridgehead atoms. The van der Waals surface area contributed by atoms with E-state index in [1.807, 2.05) is 0 Å². The second-order valence-corrected chi connectivity index (χ2v) is 7.23. The average Bonchev–Trinajstić information content (AvgIpc) is 2.27. The zero-order valence-corrected chi connectivity index (χ0v) is 13.2. The van der Waals surface area contributed by atoms with Gasteiger partial charge in [-0.25, -0.2) is 8.42 Å². The SMILES string of the molecule is Cc1cc(C(=O)N(C)CC(F)(F)F)cc(S(=O)(=O)Cl)c1Cl. The predicted molar refractivity (Wildman–Crippen MR) is 72.2 cm³/mol. The molecule has 0 saturated heterocycles. The lowest BCUT2D eigenvalue weighted by Crippen LogP contribution is -2.35. The third-order valence-electron chi connectivity index (χ3n) is 2.49. The van der Waals surface area contributed by atoms with Crippen LogP contribution in [0.3, 0.4) is 0 Å². The standard InChI is InChI=1S/C11H10Cl2F3NO3S/c1-6-3-7(4-8(9(6)12)21(13,19)20)10(18)17(2)5-11(14,15)16/h3-4H,5H2,1-2H3. The Bertz CT molecular complexity index is 674. The van der Waals surface area contributed by atoms with Crippen molar-refractivity contribution in [3.63, 3.8) is 0 Å². The maximum absolute atomic E-state index is 12.3. The van der Waals surface area contributed by atoms with Crippen LogP contribution in [0.4, 0.5) is 13.2 Å². The molecule has 0 N–H and O–H groups in total. The molecule has 118 valence electrons. The first kappa shape index (κ1) is 18.1. The molecule has 0 aliphatic carbocycles. The van der Waals surface area contributed by atoms with E-state index in [2.05, 4.69) is 0 Å². The Morgan fingerprint density at radius 2 is 1.86 bits per heavy atom. The van der Waals surface area contributed by atoms with Gasteiger partial charge in [-0.05, 0) is 24.6 Å². The van der Waals surface area contributed by atoms with E-state index in [1.54, 1.807) is 0 Å². The Labute approximate surface area is 128 Å². The van der Waals surface area contributed by atoms with Crippen molar-refractivity contribution in [2.45, 2.75) is 18.0 Å². The number of alkyl halides is 3. The van der Waals surface area contributed by atoms with E-state index in [-0.39, 0.29) is 16.1 Å². The number of carbonyl (C=O) groups excluding carboxylic acids is 1. The predicted octanol–water partition coefficient (Wildman–Crippen LogP) is 3.21. The van der Waals surface area contributed by atoms with Crippen LogP contribution in [0, 0.1) is 6.92 Å². The van der Waals surface area contributed by atoms with E-state index in [0.717, 1.165) is 13.1 Å². The lowest BCUT2D eigenvalue weighted by atomic mass is 10.1. The minimum Gasteiger partial charge on any atom is -0.333 e. The van der Waals surface area contributed by atoms with Crippen LogP contribution in [-0.4, -0.2) is 39.0 Å². The Hall–Kier alpha value is -0.990. The van der Waals surface area contributed by atoms with Crippen LogP contribution in [0.25, 0.3) is 0 Å². The fourth-order valence-electron chi connectivity index (χ4n) is 1.60. The van der Waals surface area contributed by atoms with E-state index < -0.39 is 32.6 Å². The van der Waals surface area contributed by atoms with Gasteiger partial charge < -0.3 is 4.90 Å². The zero-order chi connectivity index (χ0) is 16.6. The normalized spacial score (nSPS) is 12.3. The molecule has 0 atom stereocenters. The van der Waals surface area contributed by atoms with E-state index in [4.69, 9.17) is 22.3 Å². The third kappa shape index (κ3) is 4.76. The molecular formula is C11H10Cl2F3NO3S. The molecule has 0 saturated carbocycles. The summed E-state index contributed by atoms with van der Waals surface area (Å²) in [5.74, 6) is -0.992. The molecule has 1 aromatic rings. The lowest BCUT2D eigenvalue weighted by molar-refractivity contribution is -0.138. The second-order valence-electron chi connectivity index (χ2n) is 4.32. The fourth-order valence-corrected chi connectivity index (χ4v) is 3.14. The maximum atomic E-state index is 12.3. The number of hydrogen-bond acceptors (Lipinski definition) is 3. The number of nitrogens with zero attached hydrogens (tertiary/aromatic N) is 1. The van der Waals surface area contributed by atoms with Crippen molar-refractivity contribution >= 4 is 37.2 Å². The van der Waals surface area contributed by atoms with E-state index in [0.29, 0.717) is 4.90 Å². The summed E-state index contributed by atoms with van der Waals surface area (Å²) in [6, 6.07) is 2.05. The van der Waals surface area contributed by atoms with Gasteiger partial charge in [-0.15, -0.1) is 0 Å². The molecule has 0 heterocycles.